The van der Waals surface area contributed by atoms with Crippen LogP contribution in [0.5, 0.6) is 5.75 Å². The van der Waals surface area contributed by atoms with E-state index in [1.54, 1.807) is 6.08 Å². The number of nitrogens with one attached hydrogen (secondary N) is 2. The Balaban J connectivity index is 1.76. The summed E-state index contributed by atoms with van der Waals surface area (Å²) in [6, 6.07) is 7.96. The number of carbonyl (C=O) groups is 1. The van der Waals surface area contributed by atoms with Crippen LogP contribution in [0.25, 0.3) is 0 Å². The fourth-order valence-corrected chi connectivity index (χ4v) is 2.56. The van der Waals surface area contributed by atoms with E-state index in [4.69, 9.17) is 4.74 Å². The van der Waals surface area contributed by atoms with Crippen LogP contribution in [0.2, 0.25) is 0 Å². The first-order valence-electron chi connectivity index (χ1n) is 7.65. The molecule has 4 nitrogen and oxygen atoms in total. The average molecular weight is 288 g/mol. The Hall–Kier alpha value is -1.97. The fraction of sp³-hybridized carbons (Fsp3) is 0.471. The Morgan fingerprint density at radius 3 is 2.90 bits per heavy atom. The standard InChI is InChI=1S/C17H24N2O2/c1-2-11-21-16-10-6-9-15(12-16)18-13-17(20)19-14-7-4-3-5-8-14/h2,6,9-10,12,14,18H,1,3-5,7-8,11,13H2,(H,19,20). The molecule has 0 aromatic heterocycles. The smallest absolute Gasteiger partial charge is 0.239 e. The monoisotopic (exact) mass is 288 g/mol. The van der Waals surface area contributed by atoms with Crippen molar-refractivity contribution < 1.29 is 9.53 Å². The van der Waals surface area contributed by atoms with Crippen molar-refractivity contribution in [2.45, 2.75) is 38.1 Å². The van der Waals surface area contributed by atoms with Gasteiger partial charge in [0.05, 0.1) is 6.54 Å². The maximum absolute atomic E-state index is 11.9. The van der Waals surface area contributed by atoms with Crippen LogP contribution in [0.15, 0.2) is 36.9 Å². The summed E-state index contributed by atoms with van der Waals surface area (Å²) in [6.45, 7) is 4.39. The Morgan fingerprint density at radius 1 is 1.33 bits per heavy atom. The lowest BCUT2D eigenvalue weighted by molar-refractivity contribution is -0.120. The molecule has 0 spiro atoms. The first-order chi connectivity index (χ1) is 10.3. The second kappa shape index (κ2) is 8.35. The average Bonchev–Trinajstić information content (AvgIpc) is 2.52. The van der Waals surface area contributed by atoms with E-state index >= 15 is 0 Å². The van der Waals surface area contributed by atoms with Crippen LogP contribution in [0.1, 0.15) is 32.1 Å². The van der Waals surface area contributed by atoms with Crippen molar-refractivity contribution in [3.05, 3.63) is 36.9 Å². The zero-order valence-corrected chi connectivity index (χ0v) is 12.4. The van der Waals surface area contributed by atoms with Crippen LogP contribution in [-0.2, 0) is 4.79 Å². The zero-order chi connectivity index (χ0) is 14.9. The van der Waals surface area contributed by atoms with Crippen molar-refractivity contribution in [3.8, 4) is 5.75 Å². The minimum Gasteiger partial charge on any atom is -0.489 e. The summed E-state index contributed by atoms with van der Waals surface area (Å²) in [6.07, 6.45) is 7.66. The van der Waals surface area contributed by atoms with E-state index in [-0.39, 0.29) is 5.91 Å². The number of hydrogen-bond acceptors (Lipinski definition) is 3. The second-order valence-electron chi connectivity index (χ2n) is 5.38. The van der Waals surface area contributed by atoms with Crippen LogP contribution in [-0.4, -0.2) is 25.1 Å². The lowest BCUT2D eigenvalue weighted by Crippen LogP contribution is -2.39. The summed E-state index contributed by atoms with van der Waals surface area (Å²) in [5.41, 5.74) is 0.885. The number of anilines is 1. The molecule has 2 rings (SSSR count). The van der Waals surface area contributed by atoms with Crippen LogP contribution >= 0.6 is 0 Å². The molecular formula is C17H24N2O2. The van der Waals surface area contributed by atoms with Crippen LogP contribution in [0.4, 0.5) is 5.69 Å². The van der Waals surface area contributed by atoms with E-state index < -0.39 is 0 Å². The lowest BCUT2D eigenvalue weighted by atomic mass is 9.95. The van der Waals surface area contributed by atoms with Crippen LogP contribution in [0, 0.1) is 0 Å². The predicted octanol–water partition coefficient (Wildman–Crippen LogP) is 3.11. The first-order valence-corrected chi connectivity index (χ1v) is 7.65. The molecule has 1 aromatic carbocycles. The minimum absolute atomic E-state index is 0.0549. The van der Waals surface area contributed by atoms with Crippen molar-refractivity contribution >= 4 is 11.6 Å². The van der Waals surface area contributed by atoms with Gasteiger partial charge in [0.1, 0.15) is 12.4 Å². The number of amides is 1. The SMILES string of the molecule is C=CCOc1cccc(NCC(=O)NC2CCCCC2)c1. The van der Waals surface area contributed by atoms with Gasteiger partial charge < -0.3 is 15.4 Å². The maximum atomic E-state index is 11.9. The molecule has 2 N–H and O–H groups in total. The quantitative estimate of drug-likeness (QED) is 0.758. The van der Waals surface area contributed by atoms with E-state index in [0.29, 0.717) is 19.2 Å². The number of ether oxygens (including phenoxy) is 1. The molecule has 1 fully saturated rings. The molecule has 0 aliphatic heterocycles. The van der Waals surface area contributed by atoms with E-state index in [2.05, 4.69) is 17.2 Å². The van der Waals surface area contributed by atoms with Gasteiger partial charge in [0.25, 0.3) is 0 Å². The summed E-state index contributed by atoms with van der Waals surface area (Å²) < 4.78 is 5.47. The fourth-order valence-electron chi connectivity index (χ4n) is 2.56. The molecule has 1 amide bonds. The van der Waals surface area contributed by atoms with Gasteiger partial charge in [0.2, 0.25) is 5.91 Å². The molecule has 0 unspecified atom stereocenters. The van der Waals surface area contributed by atoms with Crippen molar-refractivity contribution in [3.63, 3.8) is 0 Å². The van der Waals surface area contributed by atoms with Gasteiger partial charge in [-0.3, -0.25) is 4.79 Å². The molecule has 4 heteroatoms. The molecule has 0 saturated heterocycles. The van der Waals surface area contributed by atoms with Crippen LogP contribution in [0.3, 0.4) is 0 Å². The van der Waals surface area contributed by atoms with E-state index in [1.165, 1.54) is 19.3 Å². The Labute approximate surface area is 126 Å². The second-order valence-corrected chi connectivity index (χ2v) is 5.38. The van der Waals surface area contributed by atoms with Gasteiger partial charge in [-0.1, -0.05) is 38.0 Å². The molecule has 0 atom stereocenters. The molecular weight excluding hydrogens is 264 g/mol. The highest BCUT2D eigenvalue weighted by atomic mass is 16.5. The third-order valence-corrected chi connectivity index (χ3v) is 3.63. The summed E-state index contributed by atoms with van der Waals surface area (Å²) in [7, 11) is 0. The minimum atomic E-state index is 0.0549. The lowest BCUT2D eigenvalue weighted by Gasteiger charge is -2.22. The number of hydrogen-bond donors (Lipinski definition) is 2. The third kappa shape index (κ3) is 5.50. The molecule has 0 bridgehead atoms. The summed E-state index contributed by atoms with van der Waals surface area (Å²) in [5.74, 6) is 0.826. The number of carbonyl (C=O) groups excluding carboxylic acids is 1. The van der Waals surface area contributed by atoms with Crippen LogP contribution < -0.4 is 15.4 Å². The van der Waals surface area contributed by atoms with Gasteiger partial charge >= 0.3 is 0 Å². The van der Waals surface area contributed by atoms with Crippen molar-refractivity contribution in [1.82, 2.24) is 5.32 Å². The van der Waals surface area contributed by atoms with Gasteiger partial charge in [-0.25, -0.2) is 0 Å². The van der Waals surface area contributed by atoms with Crippen molar-refractivity contribution in [1.29, 1.82) is 0 Å². The Kier molecular flexibility index (Phi) is 6.13. The first kappa shape index (κ1) is 15.4. The molecule has 21 heavy (non-hydrogen) atoms. The topological polar surface area (TPSA) is 50.4 Å². The van der Waals surface area contributed by atoms with Gasteiger partial charge in [0, 0.05) is 17.8 Å². The number of benzene rings is 1. The van der Waals surface area contributed by atoms with Gasteiger partial charge in [0.15, 0.2) is 0 Å². The zero-order valence-electron chi connectivity index (χ0n) is 12.4. The highest BCUT2D eigenvalue weighted by Crippen LogP contribution is 2.18. The predicted molar refractivity (Wildman–Crippen MR) is 85.6 cm³/mol. The Bertz CT molecular complexity index is 468. The summed E-state index contributed by atoms with van der Waals surface area (Å²) in [4.78, 5) is 11.9. The van der Waals surface area contributed by atoms with Gasteiger partial charge in [-0.05, 0) is 25.0 Å². The van der Waals surface area contributed by atoms with Gasteiger partial charge in [-0.2, -0.15) is 0 Å². The molecule has 114 valence electrons. The van der Waals surface area contributed by atoms with Gasteiger partial charge in [-0.15, -0.1) is 0 Å². The molecule has 1 saturated carbocycles. The highest BCUT2D eigenvalue weighted by molar-refractivity contribution is 5.81. The molecule has 1 aromatic rings. The summed E-state index contributed by atoms with van der Waals surface area (Å²) in [5, 5.41) is 6.23. The highest BCUT2D eigenvalue weighted by Gasteiger charge is 2.15. The normalized spacial score (nSPS) is 15.2. The number of rotatable bonds is 7. The Morgan fingerprint density at radius 2 is 2.14 bits per heavy atom. The van der Waals surface area contributed by atoms with Crippen molar-refractivity contribution in [2.75, 3.05) is 18.5 Å². The largest absolute Gasteiger partial charge is 0.489 e. The van der Waals surface area contributed by atoms with E-state index in [1.807, 2.05) is 24.3 Å². The molecule has 1 aliphatic rings. The third-order valence-electron chi connectivity index (χ3n) is 3.63. The summed E-state index contributed by atoms with van der Waals surface area (Å²) >= 11 is 0. The maximum Gasteiger partial charge on any atom is 0.239 e. The molecule has 1 aliphatic carbocycles. The molecule has 0 heterocycles. The molecule has 0 radical (unpaired) electrons. The van der Waals surface area contributed by atoms with E-state index in [0.717, 1.165) is 24.3 Å². The van der Waals surface area contributed by atoms with Crippen molar-refractivity contribution in [2.24, 2.45) is 0 Å². The van der Waals surface area contributed by atoms with E-state index in [9.17, 15) is 4.79 Å².